The third-order valence-corrected chi connectivity index (χ3v) is 15.2. The molecule has 43 heavy (non-hydrogen) atoms. The quantitative estimate of drug-likeness (QED) is 0.281. The van der Waals surface area contributed by atoms with Gasteiger partial charge in [-0.1, -0.05) is 53.2 Å². The van der Waals surface area contributed by atoms with Crippen molar-refractivity contribution in [2.24, 2.45) is 50.2 Å². The van der Waals surface area contributed by atoms with E-state index in [9.17, 15) is 25.5 Å². The first kappa shape index (κ1) is 32.4. The molecule has 0 unspecified atom stereocenters. The van der Waals surface area contributed by atoms with Crippen LogP contribution in [0.25, 0.3) is 0 Å². The van der Waals surface area contributed by atoms with Crippen molar-refractivity contribution in [2.45, 2.75) is 149 Å². The Balaban J connectivity index is 1.27. The Hall–Kier alpha value is -0.540. The minimum Gasteiger partial charge on any atom is -0.396 e. The summed E-state index contributed by atoms with van der Waals surface area (Å²) in [5.74, 6) is 1.44. The Kier molecular flexibility index (Phi) is 7.90. The highest BCUT2D eigenvalue weighted by Gasteiger charge is 2.69. The van der Waals surface area contributed by atoms with Crippen LogP contribution < -0.4 is 0 Å². The fraction of sp³-hybridized carbons (Fsp3) is 0.944. The molecular formula is C36H60O7. The van der Waals surface area contributed by atoms with Crippen LogP contribution in [0, 0.1) is 50.2 Å². The van der Waals surface area contributed by atoms with Crippen LogP contribution >= 0.6 is 0 Å². The Morgan fingerprint density at radius 2 is 1.53 bits per heavy atom. The summed E-state index contributed by atoms with van der Waals surface area (Å²) in [7, 11) is 0. The minimum atomic E-state index is -1.56. The largest absolute Gasteiger partial charge is 0.396 e. The molecule has 6 rings (SSSR count). The maximum Gasteiger partial charge on any atom is 0.186 e. The van der Waals surface area contributed by atoms with Crippen molar-refractivity contribution in [3.05, 3.63) is 11.6 Å². The van der Waals surface area contributed by atoms with Gasteiger partial charge in [0.1, 0.15) is 18.3 Å². The average Bonchev–Trinajstić information content (AvgIpc) is 2.95. The van der Waals surface area contributed by atoms with Crippen molar-refractivity contribution in [1.29, 1.82) is 0 Å². The monoisotopic (exact) mass is 604 g/mol. The van der Waals surface area contributed by atoms with E-state index in [0.717, 1.165) is 44.9 Å². The number of rotatable bonds is 5. The van der Waals surface area contributed by atoms with Crippen LogP contribution in [0.3, 0.4) is 0 Å². The molecule has 5 fully saturated rings. The van der Waals surface area contributed by atoms with E-state index in [2.05, 4.69) is 47.6 Å². The van der Waals surface area contributed by atoms with E-state index in [1.54, 1.807) is 5.57 Å². The van der Waals surface area contributed by atoms with Crippen molar-refractivity contribution in [2.75, 3.05) is 13.2 Å². The summed E-state index contributed by atoms with van der Waals surface area (Å²) in [6, 6.07) is 0. The second-order valence-electron chi connectivity index (χ2n) is 17.8. The zero-order chi connectivity index (χ0) is 31.4. The number of fused-ring (bicyclic) bond motifs is 9. The standard InChI is InChI=1S/C36H60O7/c1-21(38)27(39)28(40)29(41)30-42-20-33(5)24-10-13-35(7)25(32(24,4)12-11-26(33)43-30)9-8-22-23-18-31(2,3)14-16-36(23,19-37)17-15-34(22,35)6/h8,21,23-30,37-41H,9-20H2,1-7H3/t21-,23-,24+,25+,26-,27-,28+,29+,30+,32-,33-,34+,35+,36+/m0/s1. The van der Waals surface area contributed by atoms with Gasteiger partial charge in [-0.15, -0.1) is 0 Å². The van der Waals surface area contributed by atoms with Gasteiger partial charge in [0.25, 0.3) is 0 Å². The van der Waals surface area contributed by atoms with E-state index in [1.165, 1.54) is 26.2 Å². The first-order valence-electron chi connectivity index (χ1n) is 17.3. The van der Waals surface area contributed by atoms with Gasteiger partial charge in [0, 0.05) is 17.4 Å². The van der Waals surface area contributed by atoms with Crippen LogP contribution in [-0.2, 0) is 9.47 Å². The Labute approximate surface area is 259 Å². The zero-order valence-electron chi connectivity index (χ0n) is 27.8. The average molecular weight is 605 g/mol. The van der Waals surface area contributed by atoms with E-state index in [4.69, 9.17) is 9.47 Å². The minimum absolute atomic E-state index is 0.0490. The summed E-state index contributed by atoms with van der Waals surface area (Å²) in [5.41, 5.74) is 2.26. The molecule has 6 aliphatic rings. The van der Waals surface area contributed by atoms with E-state index < -0.39 is 30.7 Å². The molecule has 0 aromatic carbocycles. The summed E-state index contributed by atoms with van der Waals surface area (Å²) in [6.07, 6.45) is 6.97. The summed E-state index contributed by atoms with van der Waals surface area (Å²) in [5, 5.41) is 51.9. The van der Waals surface area contributed by atoms with Gasteiger partial charge in [0.15, 0.2) is 6.29 Å². The van der Waals surface area contributed by atoms with Crippen molar-refractivity contribution in [3.63, 3.8) is 0 Å². The van der Waals surface area contributed by atoms with E-state index >= 15 is 0 Å². The molecule has 7 nitrogen and oxygen atoms in total. The van der Waals surface area contributed by atoms with Gasteiger partial charge < -0.3 is 35.0 Å². The molecule has 0 spiro atoms. The van der Waals surface area contributed by atoms with E-state index in [-0.39, 0.29) is 33.2 Å². The van der Waals surface area contributed by atoms with Gasteiger partial charge in [-0.3, -0.25) is 0 Å². The van der Waals surface area contributed by atoms with Gasteiger partial charge >= 0.3 is 0 Å². The molecule has 5 aliphatic carbocycles. The molecule has 1 saturated heterocycles. The van der Waals surface area contributed by atoms with Crippen LogP contribution in [0.1, 0.15) is 113 Å². The normalized spacial score (nSPS) is 51.7. The van der Waals surface area contributed by atoms with Crippen molar-refractivity contribution in [1.82, 2.24) is 0 Å². The lowest BCUT2D eigenvalue weighted by Crippen LogP contribution is -2.67. The summed E-state index contributed by atoms with van der Waals surface area (Å²) < 4.78 is 12.6. The molecule has 4 saturated carbocycles. The second kappa shape index (κ2) is 10.5. The Morgan fingerprint density at radius 1 is 0.837 bits per heavy atom. The Bertz CT molecular complexity index is 1110. The van der Waals surface area contributed by atoms with Crippen LogP contribution in [0.4, 0.5) is 0 Å². The van der Waals surface area contributed by atoms with Gasteiger partial charge in [-0.25, -0.2) is 0 Å². The number of hydrogen-bond acceptors (Lipinski definition) is 7. The van der Waals surface area contributed by atoms with Gasteiger partial charge in [-0.2, -0.15) is 0 Å². The molecule has 5 N–H and O–H groups in total. The third kappa shape index (κ3) is 4.52. The van der Waals surface area contributed by atoms with Crippen molar-refractivity contribution < 1.29 is 35.0 Å². The predicted molar refractivity (Wildman–Crippen MR) is 165 cm³/mol. The smallest absolute Gasteiger partial charge is 0.186 e. The lowest BCUT2D eigenvalue weighted by molar-refractivity contribution is -0.340. The molecule has 0 radical (unpaired) electrons. The lowest BCUT2D eigenvalue weighted by Gasteiger charge is -2.72. The highest BCUT2D eigenvalue weighted by Crippen LogP contribution is 2.76. The number of ether oxygens (including phenoxy) is 2. The predicted octanol–water partition coefficient (Wildman–Crippen LogP) is 4.97. The van der Waals surface area contributed by atoms with Gasteiger partial charge in [0.2, 0.25) is 0 Å². The number of aliphatic hydroxyl groups excluding tert-OH is 5. The summed E-state index contributed by atoms with van der Waals surface area (Å²) >= 11 is 0. The molecule has 1 aliphatic heterocycles. The molecule has 0 aromatic rings. The first-order chi connectivity index (χ1) is 20.0. The van der Waals surface area contributed by atoms with E-state index in [1.807, 2.05) is 0 Å². The molecule has 0 aromatic heterocycles. The Morgan fingerprint density at radius 3 is 2.21 bits per heavy atom. The topological polar surface area (TPSA) is 120 Å². The van der Waals surface area contributed by atoms with Crippen LogP contribution in [0.5, 0.6) is 0 Å². The molecular weight excluding hydrogens is 544 g/mol. The SMILES string of the molecule is C[C@H](O)[C@H](O)[C@@H](O)[C@@H](O)[C@@H]1OC[C@@]2(C)[C@@H]3CC[C@]4(C)[C@H](CC=C5[C@@H]6CC(C)(C)CC[C@]6(CO)CC[C@]54C)[C@@]3(C)CC[C@@H]2O1. The number of allylic oxidation sites excluding steroid dienone is 2. The van der Waals surface area contributed by atoms with Gasteiger partial charge in [0.05, 0.1) is 18.8 Å². The van der Waals surface area contributed by atoms with Crippen molar-refractivity contribution >= 4 is 0 Å². The maximum atomic E-state index is 10.8. The molecule has 0 bridgehead atoms. The van der Waals surface area contributed by atoms with Crippen LogP contribution in [0.15, 0.2) is 11.6 Å². The van der Waals surface area contributed by atoms with Crippen molar-refractivity contribution in [3.8, 4) is 0 Å². The summed E-state index contributed by atoms with van der Waals surface area (Å²) in [4.78, 5) is 0. The fourth-order valence-corrected chi connectivity index (χ4v) is 12.1. The first-order valence-corrected chi connectivity index (χ1v) is 17.3. The van der Waals surface area contributed by atoms with E-state index in [0.29, 0.717) is 36.4 Å². The second-order valence-corrected chi connectivity index (χ2v) is 17.8. The number of hydrogen-bond donors (Lipinski definition) is 5. The number of aliphatic hydroxyl groups is 5. The maximum absolute atomic E-state index is 10.8. The molecule has 246 valence electrons. The molecule has 14 atom stereocenters. The van der Waals surface area contributed by atoms with Gasteiger partial charge in [-0.05, 0) is 111 Å². The zero-order valence-corrected chi connectivity index (χ0v) is 27.8. The molecule has 0 amide bonds. The summed E-state index contributed by atoms with van der Waals surface area (Å²) in [6.45, 7) is 17.0. The molecule has 7 heteroatoms. The van der Waals surface area contributed by atoms with Crippen LogP contribution in [0.2, 0.25) is 0 Å². The highest BCUT2D eigenvalue weighted by molar-refractivity contribution is 5.34. The van der Waals surface area contributed by atoms with Crippen LogP contribution in [-0.4, -0.2) is 75.6 Å². The molecule has 1 heterocycles. The lowest BCUT2D eigenvalue weighted by atomic mass is 9.33. The third-order valence-electron chi connectivity index (χ3n) is 15.2. The fourth-order valence-electron chi connectivity index (χ4n) is 12.1. The highest BCUT2D eigenvalue weighted by atomic mass is 16.7.